The van der Waals surface area contributed by atoms with Gasteiger partial charge < -0.3 is 16.5 Å². The van der Waals surface area contributed by atoms with Crippen LogP contribution in [0.2, 0.25) is 0 Å². The molecule has 0 aromatic heterocycles. The van der Waals surface area contributed by atoms with E-state index >= 15 is 0 Å². The summed E-state index contributed by atoms with van der Waals surface area (Å²) in [5.74, 6) is 0. The van der Waals surface area contributed by atoms with Crippen molar-refractivity contribution in [1.29, 1.82) is 0 Å². The van der Waals surface area contributed by atoms with Gasteiger partial charge in [-0.2, -0.15) is 0 Å². The van der Waals surface area contributed by atoms with Crippen molar-refractivity contribution >= 4 is 12.4 Å². The van der Waals surface area contributed by atoms with Crippen molar-refractivity contribution in [2.75, 3.05) is 7.05 Å². The fraction of sp³-hybridized carbons (Fsp3) is 0.385. The highest BCUT2D eigenvalue weighted by Crippen LogP contribution is 2.17. The topological polar surface area (TPSA) is 99.5 Å². The molecule has 0 aliphatic carbocycles. The number of hydrogen-bond acceptors (Lipinski definition) is 5. The molecule has 1 aliphatic heterocycles. The number of carbonyl (C=O) groups is 2. The Labute approximate surface area is 118 Å². The van der Waals surface area contributed by atoms with Gasteiger partial charge in [-0.05, 0) is 19.4 Å². The third kappa shape index (κ3) is 3.94. The number of hydrogen-bond donors (Lipinski definition) is 4. The van der Waals surface area contributed by atoms with E-state index < -0.39 is 6.03 Å². The number of urea groups is 1. The third-order valence-electron chi connectivity index (χ3n) is 3.08. The number of allylic oxidation sites excluding steroid dienone is 1. The number of nitrogens with zero attached hydrogens (tertiary/aromatic N) is 1. The van der Waals surface area contributed by atoms with Crippen LogP contribution >= 0.6 is 0 Å². The van der Waals surface area contributed by atoms with Gasteiger partial charge in [-0.1, -0.05) is 18.7 Å². The average molecular weight is 279 g/mol. The summed E-state index contributed by atoms with van der Waals surface area (Å²) < 4.78 is 0. The maximum Gasteiger partial charge on any atom is 0.321 e. The Bertz CT molecular complexity index is 469. The molecule has 1 rings (SSSR count). The molecule has 110 valence electrons. The Morgan fingerprint density at radius 2 is 2.25 bits per heavy atom. The molecule has 7 heteroatoms. The molecule has 0 aromatic carbocycles. The van der Waals surface area contributed by atoms with Crippen LogP contribution in [0.5, 0.6) is 0 Å². The van der Waals surface area contributed by atoms with Crippen LogP contribution in [0.3, 0.4) is 0 Å². The molecule has 0 radical (unpaired) electrons. The van der Waals surface area contributed by atoms with Gasteiger partial charge in [-0.15, -0.1) is 0 Å². The van der Waals surface area contributed by atoms with Crippen LogP contribution in [0.1, 0.15) is 13.8 Å². The highest BCUT2D eigenvalue weighted by atomic mass is 16.2. The summed E-state index contributed by atoms with van der Waals surface area (Å²) in [5.41, 5.74) is 11.7. The molecule has 1 aliphatic rings. The van der Waals surface area contributed by atoms with Crippen molar-refractivity contribution in [1.82, 2.24) is 21.1 Å². The zero-order chi connectivity index (χ0) is 15.3. The standard InChI is InChI=1S/C13H21N5O2/c1-8(9(2)16-13(20)15-7-19)5-6-11-10(3)17-18(4)12(11)14/h5-7,9,12,17H,1,14H2,2-4H3,(H2,15,16,19,20)/b6-5-. The lowest BCUT2D eigenvalue weighted by Gasteiger charge is -2.16. The van der Waals surface area contributed by atoms with Gasteiger partial charge >= 0.3 is 6.03 Å². The number of carbonyl (C=O) groups excluding carboxylic acids is 2. The van der Waals surface area contributed by atoms with Gasteiger partial charge in [0, 0.05) is 18.3 Å². The van der Waals surface area contributed by atoms with E-state index in [2.05, 4.69) is 17.3 Å². The van der Waals surface area contributed by atoms with Crippen LogP contribution in [0, 0.1) is 0 Å². The van der Waals surface area contributed by atoms with E-state index in [1.807, 2.05) is 25.4 Å². The number of likely N-dealkylation sites (N-methyl/N-ethyl adjacent to an activating group) is 1. The molecular weight excluding hydrogens is 258 g/mol. The Morgan fingerprint density at radius 3 is 2.75 bits per heavy atom. The van der Waals surface area contributed by atoms with E-state index in [-0.39, 0.29) is 12.2 Å². The predicted octanol–water partition coefficient (Wildman–Crippen LogP) is -0.0483. The van der Waals surface area contributed by atoms with Crippen molar-refractivity contribution in [3.8, 4) is 0 Å². The maximum absolute atomic E-state index is 11.2. The van der Waals surface area contributed by atoms with Gasteiger partial charge in [0.25, 0.3) is 0 Å². The van der Waals surface area contributed by atoms with Crippen LogP contribution in [0.4, 0.5) is 4.79 Å². The van der Waals surface area contributed by atoms with Crippen LogP contribution < -0.4 is 21.8 Å². The van der Waals surface area contributed by atoms with Gasteiger partial charge in [0.1, 0.15) is 6.17 Å². The Kier molecular flexibility index (Phi) is 5.48. The summed E-state index contributed by atoms with van der Waals surface area (Å²) in [7, 11) is 1.86. The predicted molar refractivity (Wildman–Crippen MR) is 77.0 cm³/mol. The first-order chi connectivity index (χ1) is 9.36. The molecule has 3 amide bonds. The van der Waals surface area contributed by atoms with Crippen molar-refractivity contribution < 1.29 is 9.59 Å². The van der Waals surface area contributed by atoms with E-state index in [4.69, 9.17) is 5.73 Å². The fourth-order valence-electron chi connectivity index (χ4n) is 1.78. The molecule has 0 saturated heterocycles. The van der Waals surface area contributed by atoms with Gasteiger partial charge in [0.2, 0.25) is 6.41 Å². The molecule has 0 fully saturated rings. The van der Waals surface area contributed by atoms with Gasteiger partial charge in [0.15, 0.2) is 0 Å². The Morgan fingerprint density at radius 1 is 1.60 bits per heavy atom. The highest BCUT2D eigenvalue weighted by molar-refractivity contribution is 5.84. The van der Waals surface area contributed by atoms with E-state index in [9.17, 15) is 9.59 Å². The highest BCUT2D eigenvalue weighted by Gasteiger charge is 2.22. The summed E-state index contributed by atoms with van der Waals surface area (Å²) in [5, 5.41) is 6.39. The zero-order valence-electron chi connectivity index (χ0n) is 11.9. The molecule has 0 spiro atoms. The molecule has 5 N–H and O–H groups in total. The second-order valence-corrected chi connectivity index (χ2v) is 4.61. The van der Waals surface area contributed by atoms with Crippen LogP contribution in [-0.2, 0) is 4.79 Å². The Hall–Kier alpha value is -2.12. The molecule has 0 aromatic rings. The monoisotopic (exact) mass is 279 g/mol. The van der Waals surface area contributed by atoms with Crippen LogP contribution in [-0.4, -0.2) is 36.7 Å². The molecule has 0 bridgehead atoms. The number of imide groups is 1. The second-order valence-electron chi connectivity index (χ2n) is 4.61. The van der Waals surface area contributed by atoms with E-state index in [1.54, 1.807) is 18.0 Å². The van der Waals surface area contributed by atoms with Crippen LogP contribution in [0.25, 0.3) is 0 Å². The van der Waals surface area contributed by atoms with Crippen molar-refractivity contribution in [2.45, 2.75) is 26.1 Å². The number of nitrogens with two attached hydrogens (primary N) is 1. The fourth-order valence-corrected chi connectivity index (χ4v) is 1.78. The van der Waals surface area contributed by atoms with E-state index in [1.165, 1.54) is 0 Å². The number of rotatable bonds is 5. The lowest BCUT2D eigenvalue weighted by molar-refractivity contribution is -0.108. The lowest BCUT2D eigenvalue weighted by atomic mass is 10.1. The molecular formula is C13H21N5O2. The van der Waals surface area contributed by atoms with Gasteiger partial charge in [-0.25, -0.2) is 9.80 Å². The third-order valence-corrected chi connectivity index (χ3v) is 3.08. The number of nitrogens with one attached hydrogen (secondary N) is 3. The molecule has 2 unspecified atom stereocenters. The minimum absolute atomic E-state index is 0.222. The summed E-state index contributed by atoms with van der Waals surface area (Å²) in [4.78, 5) is 21.3. The first kappa shape index (κ1) is 15.9. The molecule has 7 nitrogen and oxygen atoms in total. The largest absolute Gasteiger partial charge is 0.331 e. The smallest absolute Gasteiger partial charge is 0.321 e. The second kappa shape index (κ2) is 6.88. The van der Waals surface area contributed by atoms with Crippen LogP contribution in [0.15, 0.2) is 35.6 Å². The number of hydrazine groups is 1. The first-order valence-electron chi connectivity index (χ1n) is 6.20. The van der Waals surface area contributed by atoms with E-state index in [0.717, 1.165) is 11.3 Å². The zero-order valence-corrected chi connectivity index (χ0v) is 11.9. The molecule has 0 saturated carbocycles. The SMILES string of the molecule is C=C(/C=C\C1=C(C)NN(C)C1N)C(C)NC(=O)NC=O. The summed E-state index contributed by atoms with van der Waals surface area (Å²) in [6, 6.07) is -0.855. The maximum atomic E-state index is 11.2. The minimum Gasteiger partial charge on any atom is -0.331 e. The van der Waals surface area contributed by atoms with Crippen molar-refractivity contribution in [2.24, 2.45) is 5.73 Å². The molecule has 1 heterocycles. The Balaban J connectivity index is 2.62. The number of amides is 3. The average Bonchev–Trinajstić information content (AvgIpc) is 2.61. The normalized spacial score (nSPS) is 20.7. The quantitative estimate of drug-likeness (QED) is 0.418. The first-order valence-corrected chi connectivity index (χ1v) is 6.20. The van der Waals surface area contributed by atoms with Crippen molar-refractivity contribution in [3.05, 3.63) is 35.6 Å². The lowest BCUT2D eigenvalue weighted by Crippen LogP contribution is -2.41. The summed E-state index contributed by atoms with van der Waals surface area (Å²) in [6.45, 7) is 7.59. The van der Waals surface area contributed by atoms with Gasteiger partial charge in [0.05, 0.1) is 6.04 Å². The summed E-state index contributed by atoms with van der Waals surface area (Å²) in [6.07, 6.45) is 3.77. The minimum atomic E-state index is -0.559. The molecule has 2 atom stereocenters. The van der Waals surface area contributed by atoms with E-state index in [0.29, 0.717) is 12.0 Å². The van der Waals surface area contributed by atoms with Crippen molar-refractivity contribution in [3.63, 3.8) is 0 Å². The molecule has 20 heavy (non-hydrogen) atoms. The van der Waals surface area contributed by atoms with Gasteiger partial charge in [-0.3, -0.25) is 10.1 Å². The summed E-state index contributed by atoms with van der Waals surface area (Å²) >= 11 is 0.